The van der Waals surface area contributed by atoms with E-state index in [0.717, 1.165) is 17.1 Å². The molecule has 136 valence electrons. The van der Waals surface area contributed by atoms with Gasteiger partial charge in [0.1, 0.15) is 0 Å². The number of nitrogens with one attached hydrogen (secondary N) is 1. The van der Waals surface area contributed by atoms with E-state index in [-0.39, 0.29) is 17.3 Å². The van der Waals surface area contributed by atoms with Crippen molar-refractivity contribution in [1.29, 1.82) is 0 Å². The zero-order valence-corrected chi connectivity index (χ0v) is 14.9. The summed E-state index contributed by atoms with van der Waals surface area (Å²) in [5.41, 5.74) is 0.938. The maximum absolute atomic E-state index is 11.9. The second-order valence-electron chi connectivity index (χ2n) is 6.08. The molecule has 0 radical (unpaired) electrons. The molecule has 8 heteroatoms. The van der Waals surface area contributed by atoms with Gasteiger partial charge in [0.25, 0.3) is 5.69 Å². The van der Waals surface area contributed by atoms with Gasteiger partial charge in [-0.1, -0.05) is 6.07 Å². The fourth-order valence-electron chi connectivity index (χ4n) is 2.15. The first-order chi connectivity index (χ1) is 12.6. The van der Waals surface area contributed by atoms with Crippen molar-refractivity contribution in [2.24, 2.45) is 5.92 Å². The third-order valence-corrected chi connectivity index (χ3v) is 4.88. The van der Waals surface area contributed by atoms with Crippen LogP contribution in [0.4, 0.5) is 5.69 Å². The van der Waals surface area contributed by atoms with E-state index in [1.807, 2.05) is 12.1 Å². The summed E-state index contributed by atoms with van der Waals surface area (Å²) in [6.45, 7) is 1.12. The Balaban J connectivity index is 1.38. The molecule has 1 saturated carbocycles. The molecule has 0 atom stereocenters. The van der Waals surface area contributed by atoms with E-state index in [2.05, 4.69) is 10.3 Å². The molecular weight excluding hydrogens is 354 g/mol. The molecule has 26 heavy (non-hydrogen) atoms. The van der Waals surface area contributed by atoms with Gasteiger partial charge in [-0.3, -0.25) is 14.9 Å². The molecule has 1 heterocycles. The highest BCUT2D eigenvalue weighted by Crippen LogP contribution is 2.29. The Labute approximate surface area is 155 Å². The average molecular weight is 373 g/mol. The van der Waals surface area contributed by atoms with Crippen molar-refractivity contribution in [3.8, 4) is 5.88 Å². The number of carbonyl (C=O) groups excluding carboxylic acids is 1. The fourth-order valence-corrected chi connectivity index (χ4v) is 2.88. The number of rotatable bonds is 9. The summed E-state index contributed by atoms with van der Waals surface area (Å²) >= 11 is 1.33. The third kappa shape index (κ3) is 5.73. The van der Waals surface area contributed by atoms with Crippen molar-refractivity contribution in [3.63, 3.8) is 0 Å². The van der Waals surface area contributed by atoms with Gasteiger partial charge in [-0.05, 0) is 36.5 Å². The Hall–Kier alpha value is -2.61. The monoisotopic (exact) mass is 373 g/mol. The standard InChI is InChI=1S/C18H19N3O4S/c22-17(12-26-16-6-4-15(5-7-16)21(23)24)19-9-14-3-8-18(20-10-14)25-11-13-1-2-13/h3-8,10,13H,1-2,9,11-12H2,(H,19,22). The molecule has 0 saturated heterocycles. The topological polar surface area (TPSA) is 94.4 Å². The number of hydrogen-bond donors (Lipinski definition) is 1. The lowest BCUT2D eigenvalue weighted by molar-refractivity contribution is -0.384. The second kappa shape index (κ2) is 8.66. The van der Waals surface area contributed by atoms with Crippen molar-refractivity contribution in [2.45, 2.75) is 24.3 Å². The van der Waals surface area contributed by atoms with E-state index in [1.165, 1.54) is 36.7 Å². The van der Waals surface area contributed by atoms with Crippen LogP contribution in [0, 0.1) is 16.0 Å². The molecule has 1 fully saturated rings. The van der Waals surface area contributed by atoms with Crippen molar-refractivity contribution in [3.05, 3.63) is 58.3 Å². The molecule has 1 N–H and O–H groups in total. The minimum Gasteiger partial charge on any atom is -0.477 e. The molecule has 1 aliphatic rings. The highest BCUT2D eigenvalue weighted by molar-refractivity contribution is 8.00. The van der Waals surface area contributed by atoms with Crippen molar-refractivity contribution >= 4 is 23.4 Å². The van der Waals surface area contributed by atoms with Crippen LogP contribution in [0.5, 0.6) is 5.88 Å². The Bertz CT molecular complexity index is 761. The number of non-ortho nitro benzene ring substituents is 1. The quantitative estimate of drug-likeness (QED) is 0.412. The molecular formula is C18H19N3O4S. The molecule has 0 spiro atoms. The molecule has 0 unspecified atom stereocenters. The Morgan fingerprint density at radius 2 is 2.04 bits per heavy atom. The van der Waals surface area contributed by atoms with Crippen LogP contribution in [-0.2, 0) is 11.3 Å². The highest BCUT2D eigenvalue weighted by atomic mass is 32.2. The predicted octanol–water partition coefficient (Wildman–Crippen LogP) is 3.19. The Morgan fingerprint density at radius 1 is 1.27 bits per heavy atom. The number of ether oxygens (including phenoxy) is 1. The molecule has 2 aromatic rings. The number of carbonyl (C=O) groups is 1. The van der Waals surface area contributed by atoms with Crippen LogP contribution in [0.15, 0.2) is 47.5 Å². The fraction of sp³-hybridized carbons (Fsp3) is 0.333. The average Bonchev–Trinajstić information content (AvgIpc) is 3.48. The Morgan fingerprint density at radius 3 is 2.65 bits per heavy atom. The number of nitro groups is 1. The summed E-state index contributed by atoms with van der Waals surface area (Å²) < 4.78 is 5.58. The Kier molecular flexibility index (Phi) is 6.06. The van der Waals surface area contributed by atoms with Crippen LogP contribution >= 0.6 is 11.8 Å². The molecule has 1 amide bonds. The van der Waals surface area contributed by atoms with Gasteiger partial charge in [-0.25, -0.2) is 4.98 Å². The van der Waals surface area contributed by atoms with Crippen LogP contribution in [0.3, 0.4) is 0 Å². The maximum atomic E-state index is 11.9. The smallest absolute Gasteiger partial charge is 0.269 e. The lowest BCUT2D eigenvalue weighted by Gasteiger charge is -2.07. The van der Waals surface area contributed by atoms with Crippen LogP contribution in [-0.4, -0.2) is 28.2 Å². The van der Waals surface area contributed by atoms with Crippen molar-refractivity contribution in [1.82, 2.24) is 10.3 Å². The molecule has 1 aliphatic carbocycles. The van der Waals surface area contributed by atoms with Gasteiger partial charge in [0.2, 0.25) is 11.8 Å². The zero-order valence-electron chi connectivity index (χ0n) is 14.1. The number of thioether (sulfide) groups is 1. The number of pyridine rings is 1. The predicted molar refractivity (Wildman–Crippen MR) is 98.1 cm³/mol. The summed E-state index contributed by atoms with van der Waals surface area (Å²) in [5, 5.41) is 13.4. The zero-order chi connectivity index (χ0) is 18.4. The van der Waals surface area contributed by atoms with Gasteiger partial charge in [-0.2, -0.15) is 0 Å². The summed E-state index contributed by atoms with van der Waals surface area (Å²) in [5.74, 6) is 1.43. The van der Waals surface area contributed by atoms with E-state index in [4.69, 9.17) is 4.74 Å². The van der Waals surface area contributed by atoms with E-state index >= 15 is 0 Å². The van der Waals surface area contributed by atoms with Gasteiger partial charge in [0, 0.05) is 35.8 Å². The third-order valence-electron chi connectivity index (χ3n) is 3.87. The van der Waals surface area contributed by atoms with Crippen LogP contribution < -0.4 is 10.1 Å². The number of aromatic nitrogens is 1. The molecule has 1 aromatic carbocycles. The second-order valence-corrected chi connectivity index (χ2v) is 7.12. The van der Waals surface area contributed by atoms with Gasteiger partial charge in [0.15, 0.2) is 0 Å². The van der Waals surface area contributed by atoms with E-state index in [0.29, 0.717) is 18.3 Å². The molecule has 7 nitrogen and oxygen atoms in total. The summed E-state index contributed by atoms with van der Waals surface area (Å²) in [7, 11) is 0. The lowest BCUT2D eigenvalue weighted by atomic mass is 10.3. The van der Waals surface area contributed by atoms with Gasteiger partial charge in [0.05, 0.1) is 17.3 Å². The van der Waals surface area contributed by atoms with Crippen LogP contribution in [0.2, 0.25) is 0 Å². The van der Waals surface area contributed by atoms with Gasteiger partial charge >= 0.3 is 0 Å². The number of benzene rings is 1. The molecule has 3 rings (SSSR count). The summed E-state index contributed by atoms with van der Waals surface area (Å²) in [4.78, 5) is 27.1. The first-order valence-electron chi connectivity index (χ1n) is 8.32. The van der Waals surface area contributed by atoms with Gasteiger partial charge in [-0.15, -0.1) is 11.8 Å². The number of amides is 1. The maximum Gasteiger partial charge on any atom is 0.269 e. The van der Waals surface area contributed by atoms with E-state index < -0.39 is 4.92 Å². The van der Waals surface area contributed by atoms with E-state index in [1.54, 1.807) is 18.3 Å². The minimum atomic E-state index is -0.447. The minimum absolute atomic E-state index is 0.0378. The summed E-state index contributed by atoms with van der Waals surface area (Å²) in [6, 6.07) is 9.84. The largest absolute Gasteiger partial charge is 0.477 e. The lowest BCUT2D eigenvalue weighted by Crippen LogP contribution is -2.24. The number of hydrogen-bond acceptors (Lipinski definition) is 6. The van der Waals surface area contributed by atoms with Crippen molar-refractivity contribution in [2.75, 3.05) is 12.4 Å². The highest BCUT2D eigenvalue weighted by Gasteiger charge is 2.22. The first kappa shape index (κ1) is 18.2. The summed E-state index contributed by atoms with van der Waals surface area (Å²) in [6.07, 6.45) is 4.18. The van der Waals surface area contributed by atoms with Crippen LogP contribution in [0.25, 0.3) is 0 Å². The molecule has 0 aliphatic heterocycles. The number of nitrogens with zero attached hydrogens (tertiary/aromatic N) is 2. The first-order valence-corrected chi connectivity index (χ1v) is 9.30. The van der Waals surface area contributed by atoms with Gasteiger partial charge < -0.3 is 10.1 Å². The SMILES string of the molecule is O=C(CSc1ccc([N+](=O)[O-])cc1)NCc1ccc(OCC2CC2)nc1. The number of nitro benzene ring substituents is 1. The molecule has 1 aromatic heterocycles. The van der Waals surface area contributed by atoms with Crippen LogP contribution in [0.1, 0.15) is 18.4 Å². The van der Waals surface area contributed by atoms with Crippen molar-refractivity contribution < 1.29 is 14.5 Å². The molecule has 0 bridgehead atoms. The van der Waals surface area contributed by atoms with E-state index in [9.17, 15) is 14.9 Å². The normalized spacial score (nSPS) is 13.2.